The second kappa shape index (κ2) is 7.90. The number of aliphatic carboxylic acids is 1. The molecule has 0 aliphatic heterocycles. The normalized spacial score (nSPS) is 20.3. The molecule has 6 nitrogen and oxygen atoms in total. The third kappa shape index (κ3) is 5.22. The third-order valence-corrected chi connectivity index (χ3v) is 4.28. The van der Waals surface area contributed by atoms with Gasteiger partial charge in [0, 0.05) is 25.2 Å². The Morgan fingerprint density at radius 2 is 2.08 bits per heavy atom. The summed E-state index contributed by atoms with van der Waals surface area (Å²) in [6, 6.07) is 0.366. The number of nitrogens with one attached hydrogen (secondary N) is 2. The molecule has 0 aromatic carbocycles. The molecule has 1 fully saturated rings. The zero-order valence-electron chi connectivity index (χ0n) is 13.1. The van der Waals surface area contributed by atoms with Gasteiger partial charge in [-0.1, -0.05) is 18.0 Å². The van der Waals surface area contributed by atoms with Crippen molar-refractivity contribution in [1.82, 2.24) is 10.3 Å². The first-order chi connectivity index (χ1) is 11.7. The van der Waals surface area contributed by atoms with Gasteiger partial charge >= 0.3 is 12.1 Å². The maximum atomic E-state index is 12.5. The monoisotopic (exact) mass is 379 g/mol. The fraction of sp³-hybridized carbons (Fsp3) is 0.533. The van der Waals surface area contributed by atoms with Gasteiger partial charge in [0.2, 0.25) is 5.91 Å². The molecule has 0 saturated heterocycles. The lowest BCUT2D eigenvalue weighted by molar-refractivity contribution is -0.142. The lowest BCUT2D eigenvalue weighted by Gasteiger charge is -2.17. The highest BCUT2D eigenvalue weighted by Gasteiger charge is 2.34. The number of carboxylic acids is 1. The average Bonchev–Trinajstić information content (AvgIpc) is 2.96. The average molecular weight is 380 g/mol. The summed E-state index contributed by atoms with van der Waals surface area (Å²) in [4.78, 5) is 26.6. The van der Waals surface area contributed by atoms with Gasteiger partial charge < -0.3 is 15.7 Å². The van der Waals surface area contributed by atoms with E-state index in [-0.39, 0.29) is 29.7 Å². The van der Waals surface area contributed by atoms with Crippen LogP contribution < -0.4 is 10.6 Å². The van der Waals surface area contributed by atoms with Crippen LogP contribution in [0.25, 0.3) is 0 Å². The second-order valence-corrected chi connectivity index (χ2v) is 6.19. The molecule has 0 bridgehead atoms. The molecule has 2 atom stereocenters. The standard InChI is InChI=1S/C15H17ClF3N3O3/c16-10-6-8(15(17,18)19)7-21-13(10)20-5-4-12(23)22-11-3-1-2-9(11)14(24)25/h6-7,9,11H,1-5H2,(H,20,21)(H,22,23)(H,24,25)/t9-,11+/m1/s1. The summed E-state index contributed by atoms with van der Waals surface area (Å²) in [7, 11) is 0. The molecule has 25 heavy (non-hydrogen) atoms. The number of pyridine rings is 1. The number of rotatable bonds is 6. The molecule has 2 rings (SSSR count). The molecule has 1 aromatic rings. The summed E-state index contributed by atoms with van der Waals surface area (Å²) < 4.78 is 37.6. The summed E-state index contributed by atoms with van der Waals surface area (Å²) in [5.41, 5.74) is -0.957. The number of nitrogens with zero attached hydrogens (tertiary/aromatic N) is 1. The summed E-state index contributed by atoms with van der Waals surface area (Å²) in [6.07, 6.45) is -1.97. The summed E-state index contributed by atoms with van der Waals surface area (Å²) >= 11 is 5.75. The van der Waals surface area contributed by atoms with Crippen molar-refractivity contribution in [2.75, 3.05) is 11.9 Å². The Bertz CT molecular complexity index is 655. The van der Waals surface area contributed by atoms with Crippen molar-refractivity contribution in [2.24, 2.45) is 5.92 Å². The number of amides is 1. The van der Waals surface area contributed by atoms with Crippen LogP contribution in [0.3, 0.4) is 0 Å². The first-order valence-corrected chi connectivity index (χ1v) is 8.05. The fourth-order valence-electron chi connectivity index (χ4n) is 2.72. The molecule has 0 unspecified atom stereocenters. The van der Waals surface area contributed by atoms with E-state index in [9.17, 15) is 22.8 Å². The Labute approximate surface area is 146 Å². The quantitative estimate of drug-likeness (QED) is 0.707. The number of anilines is 1. The van der Waals surface area contributed by atoms with Gasteiger partial charge in [-0.2, -0.15) is 13.2 Å². The Balaban J connectivity index is 1.82. The van der Waals surface area contributed by atoms with Gasteiger partial charge in [0.25, 0.3) is 0 Å². The van der Waals surface area contributed by atoms with E-state index in [1.54, 1.807) is 0 Å². The molecule has 1 heterocycles. The molecule has 3 N–H and O–H groups in total. The molecular weight excluding hydrogens is 363 g/mol. The molecule has 1 aromatic heterocycles. The SMILES string of the molecule is O=C(CCNc1ncc(C(F)(F)F)cc1Cl)N[C@H]1CCC[C@H]1C(=O)O. The molecule has 1 amide bonds. The molecule has 0 radical (unpaired) electrons. The minimum atomic E-state index is -4.53. The summed E-state index contributed by atoms with van der Waals surface area (Å²) in [6.45, 7) is 0.106. The molecule has 10 heteroatoms. The number of alkyl halides is 3. The van der Waals surface area contributed by atoms with Crippen LogP contribution in [-0.4, -0.2) is 34.6 Å². The number of carboxylic acid groups (broad SMARTS) is 1. The number of hydrogen-bond acceptors (Lipinski definition) is 4. The Kier molecular flexibility index (Phi) is 6.10. The zero-order chi connectivity index (χ0) is 18.6. The van der Waals surface area contributed by atoms with Gasteiger partial charge in [-0.05, 0) is 18.9 Å². The van der Waals surface area contributed by atoms with E-state index in [4.69, 9.17) is 16.7 Å². The molecule has 0 spiro atoms. The van der Waals surface area contributed by atoms with Crippen LogP contribution in [0.15, 0.2) is 12.3 Å². The van der Waals surface area contributed by atoms with Gasteiger partial charge in [-0.25, -0.2) is 4.98 Å². The number of carbonyl (C=O) groups is 2. The van der Waals surface area contributed by atoms with Crippen molar-refractivity contribution in [1.29, 1.82) is 0 Å². The van der Waals surface area contributed by atoms with Gasteiger partial charge in [0.05, 0.1) is 16.5 Å². The van der Waals surface area contributed by atoms with Gasteiger partial charge in [0.15, 0.2) is 0 Å². The van der Waals surface area contributed by atoms with Crippen molar-refractivity contribution in [2.45, 2.75) is 37.9 Å². The van der Waals surface area contributed by atoms with Crippen molar-refractivity contribution in [3.8, 4) is 0 Å². The first-order valence-electron chi connectivity index (χ1n) is 7.67. The van der Waals surface area contributed by atoms with E-state index in [2.05, 4.69) is 15.6 Å². The first kappa shape index (κ1) is 19.3. The van der Waals surface area contributed by atoms with E-state index >= 15 is 0 Å². The fourth-order valence-corrected chi connectivity index (χ4v) is 2.96. The Hall–Kier alpha value is -2.03. The van der Waals surface area contributed by atoms with E-state index in [0.717, 1.165) is 12.5 Å². The van der Waals surface area contributed by atoms with Crippen molar-refractivity contribution in [3.05, 3.63) is 22.8 Å². The third-order valence-electron chi connectivity index (χ3n) is 3.99. The highest BCUT2D eigenvalue weighted by molar-refractivity contribution is 6.32. The van der Waals surface area contributed by atoms with Crippen LogP contribution >= 0.6 is 11.6 Å². The lowest BCUT2D eigenvalue weighted by Crippen LogP contribution is -2.40. The highest BCUT2D eigenvalue weighted by Crippen LogP contribution is 2.32. The van der Waals surface area contributed by atoms with Gasteiger partial charge in [0.1, 0.15) is 5.82 Å². The lowest BCUT2D eigenvalue weighted by atomic mass is 10.0. The van der Waals surface area contributed by atoms with Crippen LogP contribution in [0.2, 0.25) is 5.02 Å². The van der Waals surface area contributed by atoms with E-state index in [0.29, 0.717) is 19.0 Å². The maximum Gasteiger partial charge on any atom is 0.417 e. The summed E-state index contributed by atoms with van der Waals surface area (Å²) in [5, 5.41) is 14.2. The smallest absolute Gasteiger partial charge is 0.417 e. The molecule has 1 saturated carbocycles. The topological polar surface area (TPSA) is 91.3 Å². The Morgan fingerprint density at radius 1 is 1.36 bits per heavy atom. The predicted molar refractivity (Wildman–Crippen MR) is 84.3 cm³/mol. The molecule has 1 aliphatic rings. The van der Waals surface area contributed by atoms with Crippen molar-refractivity contribution >= 4 is 29.3 Å². The largest absolute Gasteiger partial charge is 0.481 e. The van der Waals surface area contributed by atoms with Crippen molar-refractivity contribution in [3.63, 3.8) is 0 Å². The Morgan fingerprint density at radius 3 is 2.68 bits per heavy atom. The number of halogens is 4. The number of carbonyl (C=O) groups excluding carboxylic acids is 1. The van der Waals surface area contributed by atoms with E-state index in [1.807, 2.05) is 0 Å². The highest BCUT2D eigenvalue weighted by atomic mass is 35.5. The summed E-state index contributed by atoms with van der Waals surface area (Å²) in [5.74, 6) is -1.80. The molecule has 138 valence electrons. The predicted octanol–water partition coefficient (Wildman–Crippen LogP) is 2.93. The van der Waals surface area contributed by atoms with Gasteiger partial charge in [-0.3, -0.25) is 9.59 Å². The van der Waals surface area contributed by atoms with Crippen LogP contribution in [0, 0.1) is 5.92 Å². The van der Waals surface area contributed by atoms with Gasteiger partial charge in [-0.15, -0.1) is 0 Å². The van der Waals surface area contributed by atoms with Crippen LogP contribution in [0.4, 0.5) is 19.0 Å². The van der Waals surface area contributed by atoms with Crippen LogP contribution in [0.1, 0.15) is 31.2 Å². The zero-order valence-corrected chi connectivity index (χ0v) is 13.8. The van der Waals surface area contributed by atoms with Crippen LogP contribution in [-0.2, 0) is 15.8 Å². The molecule has 1 aliphatic carbocycles. The van der Waals surface area contributed by atoms with Crippen LogP contribution in [0.5, 0.6) is 0 Å². The van der Waals surface area contributed by atoms with Crippen molar-refractivity contribution < 1.29 is 27.9 Å². The number of aromatic nitrogens is 1. The van der Waals surface area contributed by atoms with E-state index < -0.39 is 29.7 Å². The minimum Gasteiger partial charge on any atom is -0.481 e. The number of hydrogen-bond donors (Lipinski definition) is 3. The van der Waals surface area contributed by atoms with E-state index in [1.165, 1.54) is 0 Å². The molecular formula is C15H17ClF3N3O3. The minimum absolute atomic E-state index is 0.0157. The second-order valence-electron chi connectivity index (χ2n) is 5.78. The maximum absolute atomic E-state index is 12.5.